The lowest BCUT2D eigenvalue weighted by Crippen LogP contribution is -1.78. The summed E-state index contributed by atoms with van der Waals surface area (Å²) in [6.45, 7) is 6.15. The maximum atomic E-state index is 4.04. The Bertz CT molecular complexity index is 601. The molecule has 94 valence electrons. The van der Waals surface area contributed by atoms with Crippen molar-refractivity contribution in [2.75, 3.05) is 0 Å². The molecule has 0 aliphatic rings. The Labute approximate surface area is 115 Å². The average Bonchev–Trinajstić information content (AvgIpc) is 2.45. The number of allylic oxidation sites excluding steroid dienone is 3. The number of hydrogen-bond donors (Lipinski definition) is 0. The van der Waals surface area contributed by atoms with E-state index in [0.717, 1.165) is 5.57 Å². The summed E-state index contributed by atoms with van der Waals surface area (Å²) in [5.41, 5.74) is 4.69. The monoisotopic (exact) mass is 246 g/mol. The van der Waals surface area contributed by atoms with E-state index >= 15 is 0 Å². The first kappa shape index (κ1) is 13.1. The van der Waals surface area contributed by atoms with Gasteiger partial charge in [-0.05, 0) is 29.2 Å². The van der Waals surface area contributed by atoms with E-state index in [4.69, 9.17) is 0 Å². The molecule has 0 radical (unpaired) electrons. The Hall–Kier alpha value is -2.34. The van der Waals surface area contributed by atoms with Gasteiger partial charge in [0.05, 0.1) is 0 Å². The molecule has 0 atom stereocenters. The summed E-state index contributed by atoms with van der Waals surface area (Å²) in [6.07, 6.45) is 8.25. The minimum atomic E-state index is 0.993. The zero-order valence-corrected chi connectivity index (χ0v) is 11.2. The van der Waals surface area contributed by atoms with E-state index in [1.54, 1.807) is 0 Å². The van der Waals surface area contributed by atoms with Crippen molar-refractivity contribution in [3.05, 3.63) is 95.6 Å². The number of benzene rings is 2. The zero-order valence-electron chi connectivity index (χ0n) is 11.2. The molecular weight excluding hydrogens is 228 g/mol. The van der Waals surface area contributed by atoms with Crippen LogP contribution in [0.15, 0.2) is 78.9 Å². The van der Waals surface area contributed by atoms with Gasteiger partial charge in [-0.15, -0.1) is 0 Å². The molecule has 0 saturated heterocycles. The van der Waals surface area contributed by atoms with E-state index in [-0.39, 0.29) is 0 Å². The van der Waals surface area contributed by atoms with Gasteiger partial charge in [-0.2, -0.15) is 0 Å². The quantitative estimate of drug-likeness (QED) is 0.644. The van der Waals surface area contributed by atoms with Crippen LogP contribution in [0.4, 0.5) is 0 Å². The van der Waals surface area contributed by atoms with Gasteiger partial charge in [-0.1, -0.05) is 85.5 Å². The molecule has 0 N–H and O–H groups in total. The highest BCUT2D eigenvalue weighted by Crippen LogP contribution is 2.11. The number of rotatable bonds is 4. The van der Waals surface area contributed by atoms with E-state index in [1.165, 1.54) is 16.7 Å². The molecule has 0 saturated carbocycles. The molecule has 0 fully saturated rings. The van der Waals surface area contributed by atoms with E-state index in [9.17, 15) is 0 Å². The Balaban J connectivity index is 2.02. The zero-order chi connectivity index (χ0) is 13.5. The molecule has 2 rings (SSSR count). The number of aryl methyl sites for hydroxylation is 1. The Morgan fingerprint density at radius 1 is 0.842 bits per heavy atom. The molecule has 0 heteroatoms. The van der Waals surface area contributed by atoms with Crippen LogP contribution in [0.2, 0.25) is 0 Å². The SMILES string of the molecule is C=C(/C=C\c1ccccc1C)/C=C/c1ccccc1. The maximum Gasteiger partial charge on any atom is -0.0227 e. The lowest BCUT2D eigenvalue weighted by atomic mass is 10.1. The van der Waals surface area contributed by atoms with E-state index < -0.39 is 0 Å². The highest BCUT2D eigenvalue weighted by atomic mass is 14.0. The molecule has 0 spiro atoms. The van der Waals surface area contributed by atoms with Gasteiger partial charge in [0.2, 0.25) is 0 Å². The van der Waals surface area contributed by atoms with Crippen molar-refractivity contribution < 1.29 is 0 Å². The van der Waals surface area contributed by atoms with Crippen LogP contribution in [-0.4, -0.2) is 0 Å². The van der Waals surface area contributed by atoms with E-state index in [2.05, 4.69) is 62.1 Å². The van der Waals surface area contributed by atoms with Crippen molar-refractivity contribution in [3.8, 4) is 0 Å². The third-order valence-corrected chi connectivity index (χ3v) is 2.95. The maximum absolute atomic E-state index is 4.04. The molecule has 0 unspecified atom stereocenters. The van der Waals surface area contributed by atoms with Crippen LogP contribution in [0.1, 0.15) is 16.7 Å². The first-order chi connectivity index (χ1) is 9.25. The summed E-state index contributed by atoms with van der Waals surface area (Å²) in [6, 6.07) is 18.6. The molecule has 0 heterocycles. The fraction of sp³-hybridized carbons (Fsp3) is 0.0526. The van der Waals surface area contributed by atoms with E-state index in [0.29, 0.717) is 0 Å². The second-order valence-corrected chi connectivity index (χ2v) is 4.51. The summed E-state index contributed by atoms with van der Waals surface area (Å²) >= 11 is 0. The molecule has 2 aromatic rings. The average molecular weight is 246 g/mol. The molecule has 0 bridgehead atoms. The fourth-order valence-electron chi connectivity index (χ4n) is 1.79. The summed E-state index contributed by atoms with van der Waals surface area (Å²) in [4.78, 5) is 0. The van der Waals surface area contributed by atoms with Gasteiger partial charge in [-0.25, -0.2) is 0 Å². The van der Waals surface area contributed by atoms with Crippen molar-refractivity contribution in [2.24, 2.45) is 0 Å². The minimum Gasteiger partial charge on any atom is -0.0918 e. The van der Waals surface area contributed by atoms with Gasteiger partial charge in [0.1, 0.15) is 0 Å². The van der Waals surface area contributed by atoms with Crippen molar-refractivity contribution in [1.82, 2.24) is 0 Å². The van der Waals surface area contributed by atoms with E-state index in [1.807, 2.05) is 30.4 Å². The third-order valence-electron chi connectivity index (χ3n) is 2.95. The van der Waals surface area contributed by atoms with Gasteiger partial charge in [0, 0.05) is 0 Å². The Kier molecular flexibility index (Phi) is 4.52. The normalized spacial score (nSPS) is 11.2. The predicted molar refractivity (Wildman–Crippen MR) is 84.8 cm³/mol. The first-order valence-corrected chi connectivity index (χ1v) is 6.41. The van der Waals surface area contributed by atoms with Crippen LogP contribution in [-0.2, 0) is 0 Å². The first-order valence-electron chi connectivity index (χ1n) is 6.41. The van der Waals surface area contributed by atoms with Gasteiger partial charge >= 0.3 is 0 Å². The summed E-state index contributed by atoms with van der Waals surface area (Å²) in [5, 5.41) is 0. The van der Waals surface area contributed by atoms with Crippen LogP contribution in [0.5, 0.6) is 0 Å². The largest absolute Gasteiger partial charge is 0.0918 e. The second-order valence-electron chi connectivity index (χ2n) is 4.51. The van der Waals surface area contributed by atoms with Gasteiger partial charge < -0.3 is 0 Å². The van der Waals surface area contributed by atoms with Crippen molar-refractivity contribution in [3.63, 3.8) is 0 Å². The highest BCUT2D eigenvalue weighted by Gasteiger charge is 1.90. The van der Waals surface area contributed by atoms with Crippen LogP contribution in [0, 0.1) is 6.92 Å². The minimum absolute atomic E-state index is 0.993. The number of hydrogen-bond acceptors (Lipinski definition) is 0. The van der Waals surface area contributed by atoms with Crippen LogP contribution in [0.25, 0.3) is 12.2 Å². The van der Waals surface area contributed by atoms with Gasteiger partial charge in [0.15, 0.2) is 0 Å². The molecular formula is C19H18. The van der Waals surface area contributed by atoms with Crippen LogP contribution < -0.4 is 0 Å². The molecule has 0 nitrogen and oxygen atoms in total. The fourth-order valence-corrected chi connectivity index (χ4v) is 1.79. The molecule has 0 aliphatic carbocycles. The Morgan fingerprint density at radius 2 is 1.47 bits per heavy atom. The Morgan fingerprint density at radius 3 is 2.21 bits per heavy atom. The van der Waals surface area contributed by atoms with Crippen molar-refractivity contribution >= 4 is 12.2 Å². The lowest BCUT2D eigenvalue weighted by molar-refractivity contribution is 1.44. The van der Waals surface area contributed by atoms with Crippen molar-refractivity contribution in [2.45, 2.75) is 6.92 Å². The standard InChI is InChI=1S/C19H18/c1-16(12-14-18-9-4-3-5-10-18)13-15-19-11-7-6-8-17(19)2/h3-15H,1H2,2H3/b14-12+,15-13-. The smallest absolute Gasteiger partial charge is 0.0227 e. The molecule has 2 aromatic carbocycles. The summed E-state index contributed by atoms with van der Waals surface area (Å²) in [7, 11) is 0. The third kappa shape index (κ3) is 4.11. The highest BCUT2D eigenvalue weighted by molar-refractivity contribution is 5.60. The molecule has 0 amide bonds. The lowest BCUT2D eigenvalue weighted by Gasteiger charge is -1.98. The molecule has 19 heavy (non-hydrogen) atoms. The van der Waals surface area contributed by atoms with Crippen molar-refractivity contribution in [1.29, 1.82) is 0 Å². The second kappa shape index (κ2) is 6.55. The molecule has 0 aliphatic heterocycles. The molecule has 0 aromatic heterocycles. The van der Waals surface area contributed by atoms with Crippen LogP contribution >= 0.6 is 0 Å². The van der Waals surface area contributed by atoms with Crippen LogP contribution in [0.3, 0.4) is 0 Å². The summed E-state index contributed by atoms with van der Waals surface area (Å²) < 4.78 is 0. The topological polar surface area (TPSA) is 0 Å². The predicted octanol–water partition coefficient (Wildman–Crippen LogP) is 5.28. The van der Waals surface area contributed by atoms with Gasteiger partial charge in [-0.3, -0.25) is 0 Å². The summed E-state index contributed by atoms with van der Waals surface area (Å²) in [5.74, 6) is 0. The van der Waals surface area contributed by atoms with Gasteiger partial charge in [0.25, 0.3) is 0 Å².